The average molecular weight is 619 g/mol. The zero-order valence-corrected chi connectivity index (χ0v) is 26.1. The van der Waals surface area contributed by atoms with E-state index in [4.69, 9.17) is 0 Å². The number of halogens is 4. The number of rotatable bonds is 10. The molecule has 1 aliphatic rings. The summed E-state index contributed by atoms with van der Waals surface area (Å²) in [7, 11) is -6.84. The van der Waals surface area contributed by atoms with Crippen molar-refractivity contribution in [2.75, 3.05) is 6.16 Å². The molecular weight excluding hydrogens is 581 g/mol. The number of hydrogen-bond donors (Lipinski definition) is 0. The topological polar surface area (TPSA) is 0 Å². The van der Waals surface area contributed by atoms with Crippen molar-refractivity contribution in [1.82, 2.24) is 0 Å². The molecule has 1 aliphatic carbocycles. The van der Waals surface area contributed by atoms with Gasteiger partial charge in [0.1, 0.15) is 0 Å². The zero-order valence-electron chi connectivity index (χ0n) is 24.3. The Morgan fingerprint density at radius 2 is 0.977 bits per heavy atom. The summed E-state index contributed by atoms with van der Waals surface area (Å²) in [5.41, 5.74) is 2.27. The number of allylic oxidation sites excluding steroid dienone is 4. The van der Waals surface area contributed by atoms with E-state index < -0.39 is 15.2 Å². The second-order valence-electron chi connectivity index (χ2n) is 10.4. The maximum atomic E-state index is 9.75. The van der Waals surface area contributed by atoms with E-state index in [1.807, 2.05) is 0 Å². The Bertz CT molecular complexity index is 1310. The summed E-state index contributed by atoms with van der Waals surface area (Å²) in [4.78, 5) is 0. The molecule has 0 amide bonds. The summed E-state index contributed by atoms with van der Waals surface area (Å²) >= 11 is 0. The minimum atomic E-state index is -6.00. The molecule has 0 saturated heterocycles. The van der Waals surface area contributed by atoms with Gasteiger partial charge in [-0.25, -0.2) is 0 Å². The molecule has 0 aromatic heterocycles. The van der Waals surface area contributed by atoms with E-state index >= 15 is 0 Å². The molecule has 0 fully saturated rings. The highest BCUT2D eigenvalue weighted by atomic mass is 31.1. The molecular formula is C36H38BF4P2-. The summed E-state index contributed by atoms with van der Waals surface area (Å²) in [6, 6.07) is 45.1. The van der Waals surface area contributed by atoms with E-state index in [1.165, 1.54) is 46.6 Å². The van der Waals surface area contributed by atoms with E-state index in [2.05, 4.69) is 140 Å². The molecule has 0 N–H and O–H groups in total. The van der Waals surface area contributed by atoms with Gasteiger partial charge in [-0.3, -0.25) is 0 Å². The zero-order chi connectivity index (χ0) is 30.3. The fourth-order valence-electron chi connectivity index (χ4n) is 5.49. The summed E-state index contributed by atoms with van der Waals surface area (Å²) in [5.74, 6) is 0. The Hall–Kier alpha value is -3.00. The minimum Gasteiger partial charge on any atom is -0.418 e. The van der Waals surface area contributed by atoms with Gasteiger partial charge in [-0.15, -0.1) is 0 Å². The third-order valence-corrected chi connectivity index (χ3v) is 12.8. The molecule has 43 heavy (non-hydrogen) atoms. The van der Waals surface area contributed by atoms with Gasteiger partial charge in [0.2, 0.25) is 0 Å². The SMILES string of the molecule is C1=CCCC(C(CCCP(c2ccccc2)c2ccccc2)P(c2ccccc2)c2ccccc2)=CCC1.F[B-](F)(F)F. The first-order valence-electron chi connectivity index (χ1n) is 14.9. The standard InChI is InChI=1S/C36H38P2.BF4/c1-2-8-19-31(20-9-3-1)36(38(34-25-14-6-15-26-34)35-27-16-7-17-28-35)29-18-30-37(32-21-10-4-11-22-32)33-23-12-5-13-24-33;2-1(3,4)5/h1-2,4-7,10-17,20-28,36H,3,8-9,18-19,29-30H2;/q;-1. The van der Waals surface area contributed by atoms with Crippen molar-refractivity contribution in [2.24, 2.45) is 0 Å². The van der Waals surface area contributed by atoms with E-state index in [-0.39, 0.29) is 7.92 Å². The molecule has 0 radical (unpaired) electrons. The maximum Gasteiger partial charge on any atom is 0.673 e. The van der Waals surface area contributed by atoms with Crippen LogP contribution < -0.4 is 21.2 Å². The van der Waals surface area contributed by atoms with Crippen LogP contribution >= 0.6 is 15.8 Å². The highest BCUT2D eigenvalue weighted by Gasteiger charge is 2.28. The van der Waals surface area contributed by atoms with Crippen LogP contribution in [0.3, 0.4) is 0 Å². The molecule has 0 aliphatic heterocycles. The summed E-state index contributed by atoms with van der Waals surface area (Å²) in [6.07, 6.45) is 15.8. The van der Waals surface area contributed by atoms with E-state index in [0.717, 1.165) is 19.3 Å². The lowest BCUT2D eigenvalue weighted by Crippen LogP contribution is -2.24. The molecule has 0 spiro atoms. The molecule has 4 aromatic rings. The first-order valence-corrected chi connectivity index (χ1v) is 17.8. The van der Waals surface area contributed by atoms with Crippen LogP contribution in [0.4, 0.5) is 17.3 Å². The van der Waals surface area contributed by atoms with Crippen molar-refractivity contribution in [2.45, 2.75) is 44.2 Å². The molecule has 5 rings (SSSR count). The van der Waals surface area contributed by atoms with Crippen molar-refractivity contribution in [3.63, 3.8) is 0 Å². The summed E-state index contributed by atoms with van der Waals surface area (Å²) < 4.78 is 39.0. The van der Waals surface area contributed by atoms with Gasteiger partial charge in [-0.1, -0.05) is 145 Å². The van der Waals surface area contributed by atoms with Gasteiger partial charge in [0.05, 0.1) is 0 Å². The van der Waals surface area contributed by atoms with Crippen molar-refractivity contribution in [3.05, 3.63) is 145 Å². The highest BCUT2D eigenvalue weighted by Crippen LogP contribution is 2.47. The van der Waals surface area contributed by atoms with Crippen molar-refractivity contribution in [1.29, 1.82) is 0 Å². The molecule has 1 atom stereocenters. The fourth-order valence-corrected chi connectivity index (χ4v) is 10.9. The molecule has 7 heteroatoms. The first-order chi connectivity index (χ1) is 20.9. The summed E-state index contributed by atoms with van der Waals surface area (Å²) in [6.45, 7) is 0. The van der Waals surface area contributed by atoms with Gasteiger partial charge in [0.25, 0.3) is 0 Å². The number of hydrogen-bond acceptors (Lipinski definition) is 0. The number of benzene rings is 4. The lowest BCUT2D eigenvalue weighted by atomic mass is 9.99. The van der Waals surface area contributed by atoms with Gasteiger partial charge >= 0.3 is 7.25 Å². The molecule has 0 nitrogen and oxygen atoms in total. The van der Waals surface area contributed by atoms with Crippen molar-refractivity contribution in [3.8, 4) is 0 Å². The predicted octanol–water partition coefficient (Wildman–Crippen LogP) is 9.76. The lowest BCUT2D eigenvalue weighted by Gasteiger charge is -2.32. The van der Waals surface area contributed by atoms with E-state index in [0.29, 0.717) is 5.66 Å². The average Bonchev–Trinajstić information content (AvgIpc) is 3.00. The molecule has 0 saturated carbocycles. The van der Waals surface area contributed by atoms with Gasteiger partial charge in [0, 0.05) is 5.66 Å². The largest absolute Gasteiger partial charge is 0.673 e. The summed E-state index contributed by atoms with van der Waals surface area (Å²) in [5, 5.41) is 6.00. The van der Waals surface area contributed by atoms with E-state index in [1.54, 1.807) is 5.57 Å². The van der Waals surface area contributed by atoms with Gasteiger partial charge in [0.15, 0.2) is 0 Å². The van der Waals surface area contributed by atoms with Crippen molar-refractivity contribution >= 4 is 44.3 Å². The quantitative estimate of drug-likeness (QED) is 0.0718. The van der Waals surface area contributed by atoms with Crippen LogP contribution in [-0.4, -0.2) is 19.1 Å². The van der Waals surface area contributed by atoms with Crippen LogP contribution in [0.15, 0.2) is 145 Å². The Labute approximate surface area is 256 Å². The second-order valence-corrected chi connectivity index (χ2v) is 15.1. The van der Waals surface area contributed by atoms with Crippen LogP contribution in [-0.2, 0) is 0 Å². The van der Waals surface area contributed by atoms with Crippen LogP contribution in [0.5, 0.6) is 0 Å². The first kappa shape index (κ1) is 32.9. The predicted molar refractivity (Wildman–Crippen MR) is 182 cm³/mol. The third-order valence-electron chi connectivity index (χ3n) is 7.31. The smallest absolute Gasteiger partial charge is 0.418 e. The van der Waals surface area contributed by atoms with E-state index in [9.17, 15) is 17.3 Å². The van der Waals surface area contributed by atoms with Crippen LogP contribution in [0.25, 0.3) is 0 Å². The highest BCUT2D eigenvalue weighted by molar-refractivity contribution is 7.74. The molecule has 0 bridgehead atoms. The monoisotopic (exact) mass is 619 g/mol. The van der Waals surface area contributed by atoms with Crippen LogP contribution in [0.1, 0.15) is 38.5 Å². The van der Waals surface area contributed by atoms with Crippen molar-refractivity contribution < 1.29 is 17.3 Å². The normalized spacial score (nSPS) is 14.3. The molecule has 224 valence electrons. The Morgan fingerprint density at radius 1 is 0.558 bits per heavy atom. The Kier molecular flexibility index (Phi) is 13.3. The van der Waals surface area contributed by atoms with Crippen LogP contribution in [0, 0.1) is 0 Å². The molecule has 0 heterocycles. The second kappa shape index (κ2) is 17.3. The molecule has 1 unspecified atom stereocenters. The maximum absolute atomic E-state index is 9.75. The minimum absolute atomic E-state index is 0.360. The van der Waals surface area contributed by atoms with Gasteiger partial charge in [-0.05, 0) is 81.7 Å². The van der Waals surface area contributed by atoms with Gasteiger partial charge in [-0.2, -0.15) is 0 Å². The Balaban J connectivity index is 0.000000782. The van der Waals surface area contributed by atoms with Crippen LogP contribution in [0.2, 0.25) is 0 Å². The fraction of sp³-hybridized carbons (Fsp3) is 0.222. The third kappa shape index (κ3) is 11.2. The molecule has 4 aromatic carbocycles. The Morgan fingerprint density at radius 3 is 1.44 bits per heavy atom. The lowest BCUT2D eigenvalue weighted by molar-refractivity contribution is 0.368. The van der Waals surface area contributed by atoms with Gasteiger partial charge < -0.3 is 17.3 Å².